The Morgan fingerprint density at radius 1 is 1.53 bits per heavy atom. The number of nitrogens with zero attached hydrogens (tertiary/aromatic N) is 3. The van der Waals surface area contributed by atoms with E-state index in [1.165, 1.54) is 0 Å². The number of hydrogen-bond acceptors (Lipinski definition) is 4. The Kier molecular flexibility index (Phi) is 5.22. The topological polar surface area (TPSA) is 51.4 Å². The standard InChI is InChI=1S/C12H14N4.HI/c1-16-6-5-14-12(16)15-9-11-4-2-3-10(7-11)8-13;/h2-4,7H,5-6,9H2,1H3,(H,14,15);1H. The smallest absolute Gasteiger partial charge is 0.194 e. The van der Waals surface area contributed by atoms with Gasteiger partial charge in [-0.25, -0.2) is 0 Å². The maximum atomic E-state index is 8.78. The fourth-order valence-electron chi connectivity index (χ4n) is 1.66. The largest absolute Gasteiger partial charge is 0.352 e. The Balaban J connectivity index is 0.00000144. The quantitative estimate of drug-likeness (QED) is 0.830. The Hall–Kier alpha value is -1.29. The van der Waals surface area contributed by atoms with Gasteiger partial charge in [0.1, 0.15) is 0 Å². The van der Waals surface area contributed by atoms with Crippen LogP contribution in [0, 0.1) is 11.3 Å². The first-order valence-electron chi connectivity index (χ1n) is 5.28. The monoisotopic (exact) mass is 342 g/mol. The Morgan fingerprint density at radius 2 is 2.35 bits per heavy atom. The van der Waals surface area contributed by atoms with Gasteiger partial charge in [-0.15, -0.1) is 24.0 Å². The summed E-state index contributed by atoms with van der Waals surface area (Å²) in [5, 5.41) is 12.0. The first-order valence-corrected chi connectivity index (χ1v) is 5.28. The van der Waals surface area contributed by atoms with Crippen LogP contribution in [0.25, 0.3) is 0 Å². The van der Waals surface area contributed by atoms with Gasteiger partial charge in [0.05, 0.1) is 18.2 Å². The number of likely N-dealkylation sites (N-methyl/N-ethyl adjacent to an activating group) is 1. The molecular weight excluding hydrogens is 327 g/mol. The predicted octanol–water partition coefficient (Wildman–Crippen LogP) is 1.57. The van der Waals surface area contributed by atoms with Crippen molar-refractivity contribution in [2.75, 3.05) is 20.1 Å². The number of hydrogen-bond donors (Lipinski definition) is 1. The van der Waals surface area contributed by atoms with Crippen molar-refractivity contribution in [3.8, 4) is 6.07 Å². The molecule has 5 heteroatoms. The molecule has 90 valence electrons. The minimum atomic E-state index is 0. The second kappa shape index (κ2) is 6.45. The van der Waals surface area contributed by atoms with E-state index >= 15 is 0 Å². The third-order valence-corrected chi connectivity index (χ3v) is 2.57. The van der Waals surface area contributed by atoms with E-state index in [1.807, 2.05) is 31.3 Å². The molecule has 0 amide bonds. The van der Waals surface area contributed by atoms with E-state index < -0.39 is 0 Å². The fourth-order valence-corrected chi connectivity index (χ4v) is 1.66. The zero-order valence-corrected chi connectivity index (χ0v) is 12.0. The highest BCUT2D eigenvalue weighted by Crippen LogP contribution is 2.04. The Bertz CT molecular complexity index is 450. The third-order valence-electron chi connectivity index (χ3n) is 2.57. The molecule has 0 saturated carbocycles. The van der Waals surface area contributed by atoms with E-state index in [0.717, 1.165) is 24.6 Å². The molecule has 0 atom stereocenters. The second-order valence-electron chi connectivity index (χ2n) is 3.79. The molecule has 0 saturated heterocycles. The van der Waals surface area contributed by atoms with E-state index in [1.54, 1.807) is 0 Å². The maximum Gasteiger partial charge on any atom is 0.194 e. The Morgan fingerprint density at radius 3 is 3.00 bits per heavy atom. The van der Waals surface area contributed by atoms with Gasteiger partial charge in [-0.05, 0) is 17.7 Å². The van der Waals surface area contributed by atoms with Gasteiger partial charge in [-0.3, -0.25) is 4.99 Å². The van der Waals surface area contributed by atoms with Crippen LogP contribution in [-0.2, 0) is 6.54 Å². The average Bonchev–Trinajstić information content (AvgIpc) is 2.72. The number of rotatable bonds is 2. The van der Waals surface area contributed by atoms with Gasteiger partial charge in [0, 0.05) is 20.1 Å². The summed E-state index contributed by atoms with van der Waals surface area (Å²) in [6.07, 6.45) is 0. The lowest BCUT2D eigenvalue weighted by molar-refractivity contribution is 0.534. The molecule has 1 aromatic carbocycles. The van der Waals surface area contributed by atoms with Gasteiger partial charge in [0.25, 0.3) is 0 Å². The van der Waals surface area contributed by atoms with Crippen molar-refractivity contribution in [3.63, 3.8) is 0 Å². The van der Waals surface area contributed by atoms with Gasteiger partial charge in [-0.1, -0.05) is 12.1 Å². The maximum absolute atomic E-state index is 8.78. The minimum absolute atomic E-state index is 0. The fraction of sp³-hybridized carbons (Fsp3) is 0.333. The number of guanidine groups is 1. The zero-order valence-electron chi connectivity index (χ0n) is 9.68. The molecule has 0 radical (unpaired) electrons. The van der Waals surface area contributed by atoms with Crippen molar-refractivity contribution in [2.24, 2.45) is 4.99 Å². The van der Waals surface area contributed by atoms with Crippen molar-refractivity contribution in [2.45, 2.75) is 6.54 Å². The molecule has 4 nitrogen and oxygen atoms in total. The molecule has 0 unspecified atom stereocenters. The first kappa shape index (κ1) is 13.8. The SMILES string of the molecule is CN1CCN=C1NCc1cccc(C#N)c1.I. The normalized spacial score (nSPS) is 13.6. The first-order chi connectivity index (χ1) is 7.79. The van der Waals surface area contributed by atoms with Crippen molar-refractivity contribution < 1.29 is 0 Å². The summed E-state index contributed by atoms with van der Waals surface area (Å²) >= 11 is 0. The molecule has 1 heterocycles. The van der Waals surface area contributed by atoms with E-state index in [-0.39, 0.29) is 24.0 Å². The van der Waals surface area contributed by atoms with Crippen LogP contribution in [0.3, 0.4) is 0 Å². The molecule has 17 heavy (non-hydrogen) atoms. The van der Waals surface area contributed by atoms with Crippen molar-refractivity contribution in [3.05, 3.63) is 35.4 Å². The summed E-state index contributed by atoms with van der Waals surface area (Å²) in [5.74, 6) is 0.933. The van der Waals surface area contributed by atoms with Crippen LogP contribution in [0.15, 0.2) is 29.3 Å². The molecule has 0 spiro atoms. The lowest BCUT2D eigenvalue weighted by Crippen LogP contribution is -2.35. The number of aliphatic imine (C=N–C) groups is 1. The minimum Gasteiger partial charge on any atom is -0.352 e. The summed E-state index contributed by atoms with van der Waals surface area (Å²) in [6.45, 7) is 2.54. The number of benzene rings is 1. The molecule has 0 aliphatic carbocycles. The lowest BCUT2D eigenvalue weighted by atomic mass is 10.1. The van der Waals surface area contributed by atoms with E-state index in [9.17, 15) is 0 Å². The second-order valence-corrected chi connectivity index (χ2v) is 3.79. The Labute approximate surface area is 118 Å². The van der Waals surface area contributed by atoms with Gasteiger partial charge < -0.3 is 10.2 Å². The molecule has 0 aromatic heterocycles. The van der Waals surface area contributed by atoms with E-state index in [0.29, 0.717) is 12.1 Å². The summed E-state index contributed by atoms with van der Waals surface area (Å²) in [6, 6.07) is 9.74. The van der Waals surface area contributed by atoms with Crippen LogP contribution in [0.2, 0.25) is 0 Å². The van der Waals surface area contributed by atoms with Crippen molar-refractivity contribution >= 4 is 29.9 Å². The molecule has 1 aromatic rings. The highest BCUT2D eigenvalue weighted by molar-refractivity contribution is 14.0. The molecule has 2 rings (SSSR count). The molecule has 1 aliphatic rings. The number of nitriles is 1. The van der Waals surface area contributed by atoms with Gasteiger partial charge in [-0.2, -0.15) is 5.26 Å². The zero-order chi connectivity index (χ0) is 11.4. The average molecular weight is 342 g/mol. The summed E-state index contributed by atoms with van der Waals surface area (Å²) in [7, 11) is 2.02. The van der Waals surface area contributed by atoms with E-state index in [2.05, 4.69) is 21.3 Å². The van der Waals surface area contributed by atoms with Crippen LogP contribution in [-0.4, -0.2) is 31.0 Å². The van der Waals surface area contributed by atoms with Crippen molar-refractivity contribution in [1.82, 2.24) is 10.2 Å². The highest BCUT2D eigenvalue weighted by Gasteiger charge is 2.10. The van der Waals surface area contributed by atoms with Crippen molar-refractivity contribution in [1.29, 1.82) is 5.26 Å². The summed E-state index contributed by atoms with van der Waals surface area (Å²) in [4.78, 5) is 6.43. The van der Waals surface area contributed by atoms with Crippen LogP contribution < -0.4 is 5.32 Å². The van der Waals surface area contributed by atoms with Crippen LogP contribution in [0.5, 0.6) is 0 Å². The van der Waals surface area contributed by atoms with Gasteiger partial charge in [0.15, 0.2) is 5.96 Å². The molecule has 0 fully saturated rings. The molecular formula is C12H15IN4. The summed E-state index contributed by atoms with van der Waals surface area (Å²) in [5.41, 5.74) is 1.79. The van der Waals surface area contributed by atoms with Crippen LogP contribution >= 0.6 is 24.0 Å². The van der Waals surface area contributed by atoms with E-state index in [4.69, 9.17) is 5.26 Å². The molecule has 1 N–H and O–H groups in total. The summed E-state index contributed by atoms with van der Waals surface area (Å²) < 4.78 is 0. The van der Waals surface area contributed by atoms with Crippen LogP contribution in [0.1, 0.15) is 11.1 Å². The molecule has 1 aliphatic heterocycles. The number of nitrogens with one attached hydrogen (secondary N) is 1. The number of halogens is 1. The van der Waals surface area contributed by atoms with Gasteiger partial charge >= 0.3 is 0 Å². The lowest BCUT2D eigenvalue weighted by Gasteiger charge is -2.15. The van der Waals surface area contributed by atoms with Gasteiger partial charge in [0.2, 0.25) is 0 Å². The predicted molar refractivity (Wildman–Crippen MR) is 78.3 cm³/mol. The third kappa shape index (κ3) is 3.60. The highest BCUT2D eigenvalue weighted by atomic mass is 127. The van der Waals surface area contributed by atoms with Crippen LogP contribution in [0.4, 0.5) is 0 Å². The molecule has 0 bridgehead atoms.